The summed E-state index contributed by atoms with van der Waals surface area (Å²) in [7, 11) is 0. The summed E-state index contributed by atoms with van der Waals surface area (Å²) in [6.45, 7) is 2.22. The van der Waals surface area contributed by atoms with Gasteiger partial charge in [-0.2, -0.15) is 0 Å². The number of fused-ring (bicyclic) bond motifs is 2. The van der Waals surface area contributed by atoms with Crippen LogP contribution in [0.3, 0.4) is 0 Å². The van der Waals surface area contributed by atoms with Gasteiger partial charge in [-0.3, -0.25) is 0 Å². The average Bonchev–Trinajstić information content (AvgIpc) is 2.75. The lowest BCUT2D eigenvalue weighted by Crippen LogP contribution is -2.18. The number of hydrogen-bond donors (Lipinski definition) is 0. The van der Waals surface area contributed by atoms with Crippen LogP contribution in [0.2, 0.25) is 0 Å². The number of nitrogens with zero attached hydrogens (tertiary/aromatic N) is 1. The van der Waals surface area contributed by atoms with E-state index in [1.807, 2.05) is 0 Å². The number of hydrogen-bond acceptors (Lipinski definition) is 1. The predicted molar refractivity (Wildman–Crippen MR) is 121 cm³/mol. The topological polar surface area (TPSA) is 3.24 Å². The lowest BCUT2D eigenvalue weighted by atomic mass is 9.99. The van der Waals surface area contributed by atoms with Gasteiger partial charge in [-0.25, -0.2) is 0 Å². The third kappa shape index (κ3) is 2.90. The Balaban J connectivity index is 1.81. The second-order valence-electron chi connectivity index (χ2n) is 7.50. The van der Waals surface area contributed by atoms with Crippen molar-refractivity contribution in [3.63, 3.8) is 0 Å². The molecule has 0 N–H and O–H groups in total. The van der Waals surface area contributed by atoms with Gasteiger partial charge in [0.2, 0.25) is 0 Å². The Morgan fingerprint density at radius 3 is 1.64 bits per heavy atom. The number of allylic oxidation sites excluding steroid dienone is 4. The van der Waals surface area contributed by atoms with Crippen molar-refractivity contribution in [1.29, 1.82) is 0 Å². The van der Waals surface area contributed by atoms with E-state index in [-0.39, 0.29) is 0 Å². The molecule has 5 rings (SSSR count). The molecule has 0 unspecified atom stereocenters. The molecule has 0 fully saturated rings. The van der Waals surface area contributed by atoms with Gasteiger partial charge in [-0.1, -0.05) is 84.4 Å². The van der Waals surface area contributed by atoms with E-state index in [4.69, 9.17) is 0 Å². The molecular weight excluding hydrogens is 338 g/mol. The fraction of sp³-hybridized carbons (Fsp3) is 0.111. The molecule has 1 aliphatic rings. The minimum Gasteiger partial charge on any atom is -0.313 e. The maximum Gasteiger partial charge on any atom is 0.0537 e. The van der Waals surface area contributed by atoms with E-state index in [1.54, 1.807) is 0 Å². The summed E-state index contributed by atoms with van der Waals surface area (Å²) in [5.41, 5.74) is 5.28. The molecule has 0 aliphatic heterocycles. The van der Waals surface area contributed by atoms with Crippen LogP contribution in [0.1, 0.15) is 19.8 Å². The molecule has 0 spiro atoms. The van der Waals surface area contributed by atoms with Gasteiger partial charge in [0.25, 0.3) is 0 Å². The van der Waals surface area contributed by atoms with E-state index in [0.717, 1.165) is 12.8 Å². The van der Waals surface area contributed by atoms with Crippen molar-refractivity contribution >= 4 is 32.9 Å². The normalized spacial score (nSPS) is 14.0. The van der Waals surface area contributed by atoms with Crippen molar-refractivity contribution in [2.45, 2.75) is 19.8 Å². The largest absolute Gasteiger partial charge is 0.313 e. The van der Waals surface area contributed by atoms with E-state index >= 15 is 0 Å². The molecule has 4 aromatic carbocycles. The third-order valence-corrected chi connectivity index (χ3v) is 5.64. The van der Waals surface area contributed by atoms with Crippen LogP contribution in [0.25, 0.3) is 21.5 Å². The van der Waals surface area contributed by atoms with Crippen LogP contribution in [0.4, 0.5) is 11.4 Å². The van der Waals surface area contributed by atoms with Crippen molar-refractivity contribution in [1.82, 2.24) is 0 Å². The van der Waals surface area contributed by atoms with E-state index < -0.39 is 0 Å². The Labute approximate surface area is 166 Å². The van der Waals surface area contributed by atoms with Crippen molar-refractivity contribution in [3.8, 4) is 0 Å². The van der Waals surface area contributed by atoms with Gasteiger partial charge in [0, 0.05) is 16.5 Å². The third-order valence-electron chi connectivity index (χ3n) is 5.64. The summed E-state index contributed by atoms with van der Waals surface area (Å²) in [5.74, 6) is 0. The van der Waals surface area contributed by atoms with Gasteiger partial charge in [-0.05, 0) is 48.7 Å². The van der Waals surface area contributed by atoms with Gasteiger partial charge in [0.15, 0.2) is 0 Å². The maximum absolute atomic E-state index is 2.47. The van der Waals surface area contributed by atoms with Crippen LogP contribution in [-0.4, -0.2) is 0 Å². The van der Waals surface area contributed by atoms with Crippen molar-refractivity contribution < 1.29 is 0 Å². The van der Waals surface area contributed by atoms with Gasteiger partial charge in [0.05, 0.1) is 11.4 Å². The summed E-state index contributed by atoms with van der Waals surface area (Å²) in [6, 6.07) is 30.5. The lowest BCUT2D eigenvalue weighted by Gasteiger charge is -2.31. The Morgan fingerprint density at radius 1 is 0.571 bits per heavy atom. The second-order valence-corrected chi connectivity index (χ2v) is 7.50. The zero-order chi connectivity index (χ0) is 18.9. The minimum absolute atomic E-state index is 1.05. The van der Waals surface area contributed by atoms with Crippen LogP contribution in [0.5, 0.6) is 0 Å². The zero-order valence-corrected chi connectivity index (χ0v) is 16.1. The summed E-state index contributed by atoms with van der Waals surface area (Å²) >= 11 is 0. The molecule has 136 valence electrons. The van der Waals surface area contributed by atoms with E-state index in [9.17, 15) is 0 Å². The van der Waals surface area contributed by atoms with Crippen molar-refractivity contribution in [3.05, 3.63) is 108 Å². The van der Waals surface area contributed by atoms with E-state index in [1.165, 1.54) is 44.2 Å². The quantitative estimate of drug-likeness (QED) is 0.360. The summed E-state index contributed by atoms with van der Waals surface area (Å²) in [4.78, 5) is 2.47. The maximum atomic E-state index is 2.47. The first-order chi connectivity index (χ1) is 13.8. The molecule has 28 heavy (non-hydrogen) atoms. The number of rotatable bonds is 3. The van der Waals surface area contributed by atoms with Crippen molar-refractivity contribution in [2.24, 2.45) is 0 Å². The Bertz CT molecular complexity index is 1140. The monoisotopic (exact) mass is 361 g/mol. The molecule has 0 saturated heterocycles. The highest BCUT2D eigenvalue weighted by molar-refractivity contribution is 6.02. The molecule has 0 radical (unpaired) electrons. The van der Waals surface area contributed by atoms with Crippen LogP contribution < -0.4 is 4.90 Å². The van der Waals surface area contributed by atoms with Gasteiger partial charge in [0.1, 0.15) is 0 Å². The molecule has 0 aromatic heterocycles. The highest BCUT2D eigenvalue weighted by Gasteiger charge is 2.20. The Hall–Kier alpha value is -3.32. The zero-order valence-electron chi connectivity index (χ0n) is 16.1. The Morgan fingerprint density at radius 2 is 1.11 bits per heavy atom. The molecule has 4 aromatic rings. The highest BCUT2D eigenvalue weighted by Crippen LogP contribution is 2.41. The summed E-state index contributed by atoms with van der Waals surface area (Å²) in [6.07, 6.45) is 6.72. The fourth-order valence-electron chi connectivity index (χ4n) is 4.16. The summed E-state index contributed by atoms with van der Waals surface area (Å²) in [5, 5.41) is 5.11. The molecule has 1 aliphatic carbocycles. The van der Waals surface area contributed by atoms with Crippen LogP contribution >= 0.6 is 0 Å². The molecule has 1 heteroatoms. The van der Waals surface area contributed by atoms with Crippen LogP contribution in [-0.2, 0) is 0 Å². The fourth-order valence-corrected chi connectivity index (χ4v) is 4.16. The molecule has 1 nitrogen and oxygen atoms in total. The first-order valence-electron chi connectivity index (χ1n) is 9.93. The van der Waals surface area contributed by atoms with Gasteiger partial charge < -0.3 is 4.90 Å². The second kappa shape index (κ2) is 7.01. The SMILES string of the molecule is CC1=CC=C(N(c2cccc3ccccc23)c2cccc3ccccc23)CC1. The standard InChI is InChI=1S/C27H23N/c1-20-16-18-23(19-17-20)28(26-14-6-10-21-8-2-4-12-24(21)26)27-15-7-11-22-9-3-5-13-25(22)27/h2-16,18H,17,19H2,1H3. The molecule has 0 saturated carbocycles. The first-order valence-corrected chi connectivity index (χ1v) is 9.93. The van der Waals surface area contributed by atoms with E-state index in [0.29, 0.717) is 0 Å². The van der Waals surface area contributed by atoms with Gasteiger partial charge in [-0.15, -0.1) is 0 Å². The molecule has 0 amide bonds. The van der Waals surface area contributed by atoms with Crippen LogP contribution in [0, 0.1) is 0 Å². The van der Waals surface area contributed by atoms with E-state index in [2.05, 4.69) is 109 Å². The van der Waals surface area contributed by atoms with Gasteiger partial charge >= 0.3 is 0 Å². The predicted octanol–water partition coefficient (Wildman–Crippen LogP) is 7.76. The average molecular weight is 361 g/mol. The molecule has 0 atom stereocenters. The van der Waals surface area contributed by atoms with Crippen LogP contribution in [0.15, 0.2) is 108 Å². The first kappa shape index (κ1) is 16.8. The lowest BCUT2D eigenvalue weighted by molar-refractivity contribution is 0.877. The Kier molecular flexibility index (Phi) is 4.21. The summed E-state index contributed by atoms with van der Waals surface area (Å²) < 4.78 is 0. The number of benzene rings is 4. The molecule has 0 bridgehead atoms. The molecule has 0 heterocycles. The number of anilines is 2. The van der Waals surface area contributed by atoms with Crippen molar-refractivity contribution in [2.75, 3.05) is 4.90 Å². The molecular formula is C27H23N. The highest BCUT2D eigenvalue weighted by atomic mass is 15.2. The smallest absolute Gasteiger partial charge is 0.0537 e. The minimum atomic E-state index is 1.05.